The van der Waals surface area contributed by atoms with Crippen molar-refractivity contribution in [2.24, 2.45) is 0 Å². The molecule has 3 heterocycles. The van der Waals surface area contributed by atoms with Crippen molar-refractivity contribution in [2.45, 2.75) is 6.54 Å². The summed E-state index contributed by atoms with van der Waals surface area (Å²) in [5, 5.41) is 2.90. The number of amides is 1. The molecule has 0 bridgehead atoms. The first kappa shape index (κ1) is 20.9. The lowest BCUT2D eigenvalue weighted by Crippen LogP contribution is -2.23. The van der Waals surface area contributed by atoms with Gasteiger partial charge in [-0.25, -0.2) is 13.8 Å². The highest BCUT2D eigenvalue weighted by Crippen LogP contribution is 2.29. The number of ketones is 1. The number of anilines is 1. The lowest BCUT2D eigenvalue weighted by atomic mass is 10.1. The number of halogens is 4. The van der Waals surface area contributed by atoms with Gasteiger partial charge in [0.05, 0.1) is 27.8 Å². The predicted molar refractivity (Wildman–Crippen MR) is 112 cm³/mol. The lowest BCUT2D eigenvalue weighted by molar-refractivity contribution is -0.112. The van der Waals surface area contributed by atoms with Gasteiger partial charge in [0.2, 0.25) is 0 Å². The molecule has 4 aromatic rings. The van der Waals surface area contributed by atoms with Crippen LogP contribution in [0.4, 0.5) is 14.5 Å². The Morgan fingerprint density at radius 3 is 2.55 bits per heavy atom. The Balaban J connectivity index is 1.70. The Hall–Kier alpha value is -3.36. The molecule has 0 radical (unpaired) electrons. The van der Waals surface area contributed by atoms with Crippen LogP contribution < -0.4 is 5.32 Å². The van der Waals surface area contributed by atoms with E-state index in [9.17, 15) is 18.4 Å². The molecule has 0 aliphatic rings. The van der Waals surface area contributed by atoms with Crippen LogP contribution in [-0.2, 0) is 11.3 Å². The standard InChI is InChI=1S/C21H12Cl2F2N4O2/c22-14-7-26-8-15(23)18(14)28-21(31)19(30)13-10-29(20-12(13)4-2-6-27-20)9-11-3-1-5-16(24)17(11)25/h1-8,10H,9H2,(H,26,28,31). The van der Waals surface area contributed by atoms with E-state index in [0.29, 0.717) is 11.0 Å². The minimum atomic E-state index is -0.993. The number of aromatic nitrogens is 3. The zero-order valence-corrected chi connectivity index (χ0v) is 17.1. The molecule has 31 heavy (non-hydrogen) atoms. The molecule has 0 unspecified atom stereocenters. The summed E-state index contributed by atoms with van der Waals surface area (Å²) in [6.45, 7) is -0.0893. The molecule has 0 saturated heterocycles. The third-order valence-corrected chi connectivity index (χ3v) is 5.12. The number of hydrogen-bond donors (Lipinski definition) is 1. The van der Waals surface area contributed by atoms with Gasteiger partial charge in [-0.2, -0.15) is 0 Å². The quantitative estimate of drug-likeness (QED) is 0.339. The minimum Gasteiger partial charge on any atom is -0.327 e. The monoisotopic (exact) mass is 460 g/mol. The number of pyridine rings is 2. The maximum Gasteiger partial charge on any atom is 0.296 e. The summed E-state index contributed by atoms with van der Waals surface area (Å²) in [5.74, 6) is -3.83. The molecule has 6 nitrogen and oxygen atoms in total. The summed E-state index contributed by atoms with van der Waals surface area (Å²) in [5.41, 5.74) is 0.503. The van der Waals surface area contributed by atoms with Crippen molar-refractivity contribution < 1.29 is 18.4 Å². The molecule has 4 rings (SSSR count). The van der Waals surface area contributed by atoms with Gasteiger partial charge < -0.3 is 9.88 Å². The van der Waals surface area contributed by atoms with E-state index in [1.807, 2.05) is 0 Å². The number of carbonyl (C=O) groups is 2. The summed E-state index contributed by atoms with van der Waals surface area (Å²) in [7, 11) is 0. The first-order chi connectivity index (χ1) is 14.9. The Morgan fingerprint density at radius 1 is 1.06 bits per heavy atom. The second-order valence-electron chi connectivity index (χ2n) is 6.52. The van der Waals surface area contributed by atoms with Crippen LogP contribution in [0.2, 0.25) is 10.0 Å². The van der Waals surface area contributed by atoms with E-state index in [1.54, 1.807) is 12.1 Å². The summed E-state index contributed by atoms with van der Waals surface area (Å²) < 4.78 is 29.2. The van der Waals surface area contributed by atoms with Crippen molar-refractivity contribution in [1.29, 1.82) is 0 Å². The van der Waals surface area contributed by atoms with Gasteiger partial charge in [0, 0.05) is 35.7 Å². The van der Waals surface area contributed by atoms with E-state index in [-0.39, 0.29) is 33.4 Å². The number of carbonyl (C=O) groups excluding carboxylic acids is 2. The molecule has 0 saturated carbocycles. The van der Waals surface area contributed by atoms with Crippen LogP contribution in [0.5, 0.6) is 0 Å². The largest absolute Gasteiger partial charge is 0.327 e. The number of fused-ring (bicyclic) bond motifs is 1. The fourth-order valence-corrected chi connectivity index (χ4v) is 3.56. The smallest absolute Gasteiger partial charge is 0.296 e. The summed E-state index contributed by atoms with van der Waals surface area (Å²) >= 11 is 12.0. The van der Waals surface area contributed by atoms with Crippen molar-refractivity contribution in [1.82, 2.24) is 14.5 Å². The van der Waals surface area contributed by atoms with Crippen LogP contribution in [0.1, 0.15) is 15.9 Å². The number of rotatable bonds is 5. The first-order valence-electron chi connectivity index (χ1n) is 8.88. The number of nitrogens with zero attached hydrogens (tertiary/aromatic N) is 3. The van der Waals surface area contributed by atoms with E-state index in [0.717, 1.165) is 6.07 Å². The molecule has 1 N–H and O–H groups in total. The average molecular weight is 461 g/mol. The van der Waals surface area contributed by atoms with Crippen molar-refractivity contribution >= 4 is 51.6 Å². The molecular formula is C21H12Cl2F2N4O2. The maximum atomic E-state index is 14.1. The van der Waals surface area contributed by atoms with Gasteiger partial charge in [0.1, 0.15) is 5.65 Å². The van der Waals surface area contributed by atoms with Crippen molar-refractivity contribution in [3.63, 3.8) is 0 Å². The van der Waals surface area contributed by atoms with Gasteiger partial charge in [0.15, 0.2) is 11.6 Å². The Kier molecular flexibility index (Phi) is 5.67. The van der Waals surface area contributed by atoms with E-state index in [4.69, 9.17) is 23.2 Å². The highest BCUT2D eigenvalue weighted by atomic mass is 35.5. The molecular weight excluding hydrogens is 449 g/mol. The van der Waals surface area contributed by atoms with Crippen LogP contribution in [0, 0.1) is 11.6 Å². The number of nitrogens with one attached hydrogen (secondary N) is 1. The summed E-state index contributed by atoms with van der Waals surface area (Å²) in [6, 6.07) is 7.03. The molecule has 0 fully saturated rings. The van der Waals surface area contributed by atoms with Gasteiger partial charge in [-0.05, 0) is 18.2 Å². The fraction of sp³-hybridized carbons (Fsp3) is 0.0476. The SMILES string of the molecule is O=C(Nc1c(Cl)cncc1Cl)C(=O)c1cn(Cc2cccc(F)c2F)c2ncccc12. The number of Topliss-reactive ketones (excluding diaryl/α,β-unsaturated/α-hetero) is 1. The van der Waals surface area contributed by atoms with E-state index in [1.165, 1.54) is 41.5 Å². The Bertz CT molecular complexity index is 1320. The van der Waals surface area contributed by atoms with Crippen LogP contribution in [0.15, 0.2) is 55.1 Å². The van der Waals surface area contributed by atoms with Crippen LogP contribution in [-0.4, -0.2) is 26.2 Å². The topological polar surface area (TPSA) is 76.9 Å². The second-order valence-corrected chi connectivity index (χ2v) is 7.33. The predicted octanol–water partition coefficient (Wildman–Crippen LogP) is 4.89. The maximum absolute atomic E-state index is 14.1. The third-order valence-electron chi connectivity index (χ3n) is 4.55. The highest BCUT2D eigenvalue weighted by molar-refractivity contribution is 6.50. The third kappa shape index (κ3) is 3.99. The molecule has 10 heteroatoms. The van der Waals surface area contributed by atoms with Gasteiger partial charge in [-0.1, -0.05) is 35.3 Å². The zero-order chi connectivity index (χ0) is 22.1. The fourth-order valence-electron chi connectivity index (χ4n) is 3.10. The number of hydrogen-bond acceptors (Lipinski definition) is 4. The normalized spacial score (nSPS) is 11.0. The second kappa shape index (κ2) is 8.41. The number of benzene rings is 1. The highest BCUT2D eigenvalue weighted by Gasteiger charge is 2.24. The van der Waals surface area contributed by atoms with Crippen molar-refractivity contribution in [2.75, 3.05) is 5.32 Å². The first-order valence-corrected chi connectivity index (χ1v) is 9.64. The summed E-state index contributed by atoms with van der Waals surface area (Å²) in [4.78, 5) is 33.5. The van der Waals surface area contributed by atoms with Crippen molar-refractivity contribution in [3.8, 4) is 0 Å². The molecule has 1 amide bonds. The van der Waals surface area contributed by atoms with Gasteiger partial charge in [-0.15, -0.1) is 0 Å². The Morgan fingerprint density at radius 2 is 1.81 bits per heavy atom. The van der Waals surface area contributed by atoms with Gasteiger partial charge >= 0.3 is 0 Å². The molecule has 1 aromatic carbocycles. The Labute approximate surface area is 184 Å². The lowest BCUT2D eigenvalue weighted by Gasteiger charge is -2.07. The van der Waals surface area contributed by atoms with Gasteiger partial charge in [-0.3, -0.25) is 14.6 Å². The van der Waals surface area contributed by atoms with E-state index >= 15 is 0 Å². The zero-order valence-electron chi connectivity index (χ0n) is 15.6. The average Bonchev–Trinajstić information content (AvgIpc) is 3.12. The van der Waals surface area contributed by atoms with E-state index in [2.05, 4.69) is 15.3 Å². The minimum absolute atomic E-state index is 0.0405. The van der Waals surface area contributed by atoms with E-state index < -0.39 is 23.3 Å². The molecule has 0 spiro atoms. The van der Waals surface area contributed by atoms with Crippen LogP contribution in [0.25, 0.3) is 11.0 Å². The van der Waals surface area contributed by atoms with Crippen LogP contribution >= 0.6 is 23.2 Å². The van der Waals surface area contributed by atoms with Gasteiger partial charge in [0.25, 0.3) is 11.7 Å². The molecule has 0 atom stereocenters. The molecule has 0 aliphatic carbocycles. The molecule has 156 valence electrons. The van der Waals surface area contributed by atoms with Crippen molar-refractivity contribution in [3.05, 3.63) is 87.9 Å². The molecule has 0 aliphatic heterocycles. The molecule has 3 aromatic heterocycles. The summed E-state index contributed by atoms with van der Waals surface area (Å²) in [6.07, 6.45) is 5.42. The van der Waals surface area contributed by atoms with Crippen LogP contribution in [0.3, 0.4) is 0 Å².